The minimum absolute atomic E-state index is 0.789. The van der Waals surface area contributed by atoms with E-state index in [-0.39, 0.29) is 0 Å². The van der Waals surface area contributed by atoms with Gasteiger partial charge in [-0.3, -0.25) is 0 Å². The topological polar surface area (TPSA) is 0 Å². The van der Waals surface area contributed by atoms with Gasteiger partial charge in [0.05, 0.1) is 24.9 Å². The summed E-state index contributed by atoms with van der Waals surface area (Å²) < 4.78 is 1.28. The van der Waals surface area contributed by atoms with Crippen molar-refractivity contribution >= 4 is 11.8 Å². The fourth-order valence-corrected chi connectivity index (χ4v) is 4.16. The second-order valence-corrected chi connectivity index (χ2v) is 6.66. The van der Waals surface area contributed by atoms with Gasteiger partial charge in [-0.15, -0.1) is 0 Å². The number of nitrogens with zero attached hydrogens (tertiary/aromatic N) is 1. The van der Waals surface area contributed by atoms with E-state index in [1.165, 1.54) is 30.3 Å². The van der Waals surface area contributed by atoms with Gasteiger partial charge in [-0.2, -0.15) is 0 Å². The maximum Gasteiger partial charge on any atom is 0.133 e. The number of rotatable bonds is 4. The molecule has 0 saturated carbocycles. The molecule has 1 aliphatic heterocycles. The van der Waals surface area contributed by atoms with E-state index in [9.17, 15) is 0 Å². The Hall–Kier alpha value is 0.310. The van der Waals surface area contributed by atoms with Crippen LogP contribution in [0, 0.1) is 0 Å². The number of hydrogen-bond acceptors (Lipinski definition) is 1. The first-order valence-corrected chi connectivity index (χ1v) is 6.97. The molecule has 4 atom stereocenters. The molecule has 0 bridgehead atoms. The molecule has 0 amide bonds. The molecular formula is C12H26NS+. The summed E-state index contributed by atoms with van der Waals surface area (Å²) in [6.07, 6.45) is 4.13. The van der Waals surface area contributed by atoms with E-state index in [0.29, 0.717) is 0 Å². The van der Waals surface area contributed by atoms with Crippen LogP contribution >= 0.6 is 11.8 Å². The van der Waals surface area contributed by atoms with Gasteiger partial charge in [-0.05, 0) is 33.6 Å². The molecule has 0 aromatic carbocycles. The molecule has 84 valence electrons. The van der Waals surface area contributed by atoms with Crippen LogP contribution in [0.25, 0.3) is 0 Å². The van der Waals surface area contributed by atoms with Crippen LogP contribution < -0.4 is 0 Å². The largest absolute Gasteiger partial charge is 0.312 e. The van der Waals surface area contributed by atoms with Gasteiger partial charge in [-0.1, -0.05) is 25.1 Å². The maximum absolute atomic E-state index is 2.45. The SMILES string of the molecule is CCCCC[N+]1(C)C(C)SC(C)C1C. The van der Waals surface area contributed by atoms with Crippen molar-refractivity contribution in [3.05, 3.63) is 0 Å². The van der Waals surface area contributed by atoms with Crippen LogP contribution in [0.5, 0.6) is 0 Å². The highest BCUT2D eigenvalue weighted by molar-refractivity contribution is 8.00. The van der Waals surface area contributed by atoms with E-state index in [0.717, 1.165) is 16.7 Å². The van der Waals surface area contributed by atoms with Gasteiger partial charge >= 0.3 is 0 Å². The van der Waals surface area contributed by atoms with Gasteiger partial charge in [0.1, 0.15) is 5.37 Å². The van der Waals surface area contributed by atoms with E-state index in [2.05, 4.69) is 46.5 Å². The summed E-state index contributed by atoms with van der Waals surface area (Å²) in [7, 11) is 2.45. The fourth-order valence-electron chi connectivity index (χ4n) is 2.46. The van der Waals surface area contributed by atoms with E-state index in [4.69, 9.17) is 0 Å². The molecule has 1 fully saturated rings. The van der Waals surface area contributed by atoms with Gasteiger partial charge in [0, 0.05) is 0 Å². The average molecular weight is 216 g/mol. The Balaban J connectivity index is 2.53. The van der Waals surface area contributed by atoms with Crippen LogP contribution in [0.2, 0.25) is 0 Å². The lowest BCUT2D eigenvalue weighted by molar-refractivity contribution is -0.933. The van der Waals surface area contributed by atoms with E-state index >= 15 is 0 Å². The Morgan fingerprint density at radius 2 is 1.79 bits per heavy atom. The van der Waals surface area contributed by atoms with Crippen molar-refractivity contribution in [1.82, 2.24) is 0 Å². The molecular weight excluding hydrogens is 190 g/mol. The molecule has 0 spiro atoms. The average Bonchev–Trinajstić information content (AvgIpc) is 2.32. The summed E-state index contributed by atoms with van der Waals surface area (Å²) in [4.78, 5) is 0. The quantitative estimate of drug-likeness (QED) is 0.512. The second-order valence-electron chi connectivity index (χ2n) is 4.96. The normalized spacial score (nSPS) is 43.1. The third-order valence-corrected chi connectivity index (χ3v) is 5.79. The van der Waals surface area contributed by atoms with E-state index < -0.39 is 0 Å². The van der Waals surface area contributed by atoms with E-state index in [1.54, 1.807) is 0 Å². The summed E-state index contributed by atoms with van der Waals surface area (Å²) in [5, 5.41) is 1.62. The molecule has 2 heteroatoms. The first-order valence-electron chi connectivity index (χ1n) is 6.02. The van der Waals surface area contributed by atoms with Crippen LogP contribution in [-0.4, -0.2) is 34.7 Å². The molecule has 1 rings (SSSR count). The Labute approximate surface area is 93.8 Å². The van der Waals surface area contributed by atoms with Gasteiger partial charge in [-0.25, -0.2) is 0 Å². The van der Waals surface area contributed by atoms with Crippen LogP contribution in [0.4, 0.5) is 0 Å². The minimum atomic E-state index is 0.789. The van der Waals surface area contributed by atoms with Gasteiger partial charge in [0.25, 0.3) is 0 Å². The highest BCUT2D eigenvalue weighted by Gasteiger charge is 2.45. The van der Waals surface area contributed by atoms with Crippen LogP contribution in [-0.2, 0) is 0 Å². The molecule has 0 radical (unpaired) electrons. The molecule has 1 saturated heterocycles. The number of hydrogen-bond donors (Lipinski definition) is 0. The number of thioether (sulfide) groups is 1. The minimum Gasteiger partial charge on any atom is -0.312 e. The lowest BCUT2D eigenvalue weighted by Crippen LogP contribution is -2.53. The molecule has 0 aliphatic carbocycles. The van der Waals surface area contributed by atoms with Crippen molar-refractivity contribution < 1.29 is 4.48 Å². The number of unbranched alkanes of at least 4 members (excludes halogenated alkanes) is 2. The predicted octanol–water partition coefficient (Wildman–Crippen LogP) is 3.49. The highest BCUT2D eigenvalue weighted by Crippen LogP contribution is 2.40. The lowest BCUT2D eigenvalue weighted by atomic mass is 10.1. The third kappa shape index (κ3) is 2.27. The zero-order chi connectivity index (χ0) is 10.8. The third-order valence-electron chi connectivity index (χ3n) is 4.10. The summed E-state index contributed by atoms with van der Waals surface area (Å²) >= 11 is 2.17. The van der Waals surface area contributed by atoms with Crippen molar-refractivity contribution in [2.75, 3.05) is 13.6 Å². The standard InChI is InChI=1S/C12H26NS/c1-6-7-8-9-13(5)10(2)11(3)14-12(13)4/h10-12H,6-9H2,1-5H3/q+1. The molecule has 1 heterocycles. The maximum atomic E-state index is 2.45. The summed E-state index contributed by atoms with van der Waals surface area (Å²) in [6.45, 7) is 10.9. The molecule has 0 aromatic rings. The molecule has 1 aliphatic rings. The second kappa shape index (κ2) is 4.89. The molecule has 14 heavy (non-hydrogen) atoms. The van der Waals surface area contributed by atoms with Crippen LogP contribution in [0.3, 0.4) is 0 Å². The summed E-state index contributed by atoms with van der Waals surface area (Å²) in [6, 6.07) is 0.826. The summed E-state index contributed by atoms with van der Waals surface area (Å²) in [5.41, 5.74) is 0. The molecule has 0 N–H and O–H groups in total. The van der Waals surface area contributed by atoms with Crippen molar-refractivity contribution in [3.63, 3.8) is 0 Å². The summed E-state index contributed by atoms with van der Waals surface area (Å²) in [5.74, 6) is 0. The first-order chi connectivity index (χ1) is 6.52. The van der Waals surface area contributed by atoms with Crippen molar-refractivity contribution in [2.45, 2.75) is 63.6 Å². The fraction of sp³-hybridized carbons (Fsp3) is 1.00. The zero-order valence-electron chi connectivity index (χ0n) is 10.4. The van der Waals surface area contributed by atoms with Gasteiger partial charge in [0.15, 0.2) is 0 Å². The molecule has 1 nitrogen and oxygen atoms in total. The zero-order valence-corrected chi connectivity index (χ0v) is 11.2. The predicted molar refractivity (Wildman–Crippen MR) is 66.6 cm³/mol. The first kappa shape index (κ1) is 12.4. The lowest BCUT2D eigenvalue weighted by Gasteiger charge is -2.38. The Morgan fingerprint density at radius 3 is 2.21 bits per heavy atom. The Bertz CT molecular complexity index is 183. The van der Waals surface area contributed by atoms with E-state index in [1.807, 2.05) is 0 Å². The molecule has 4 unspecified atom stereocenters. The van der Waals surface area contributed by atoms with Crippen molar-refractivity contribution in [3.8, 4) is 0 Å². The Morgan fingerprint density at radius 1 is 1.14 bits per heavy atom. The number of quaternary nitrogens is 1. The van der Waals surface area contributed by atoms with Crippen LogP contribution in [0.15, 0.2) is 0 Å². The van der Waals surface area contributed by atoms with Gasteiger partial charge in [0.2, 0.25) is 0 Å². The molecule has 0 aromatic heterocycles. The monoisotopic (exact) mass is 216 g/mol. The van der Waals surface area contributed by atoms with Crippen molar-refractivity contribution in [2.24, 2.45) is 0 Å². The van der Waals surface area contributed by atoms with Crippen molar-refractivity contribution in [1.29, 1.82) is 0 Å². The van der Waals surface area contributed by atoms with Crippen LogP contribution in [0.1, 0.15) is 47.0 Å². The highest BCUT2D eigenvalue weighted by atomic mass is 32.2. The van der Waals surface area contributed by atoms with Gasteiger partial charge < -0.3 is 4.48 Å². The Kier molecular flexibility index (Phi) is 4.32. The smallest absolute Gasteiger partial charge is 0.133 e.